The third-order valence-electron chi connectivity index (χ3n) is 2.60. The van der Waals surface area contributed by atoms with Gasteiger partial charge in [0.05, 0.1) is 11.1 Å². The number of hydrogen-bond acceptors (Lipinski definition) is 3. The van der Waals surface area contributed by atoms with Crippen molar-refractivity contribution in [3.05, 3.63) is 0 Å². The molecule has 5 nitrogen and oxygen atoms in total. The molecule has 6 heteroatoms. The molecule has 0 unspecified atom stereocenters. The molecule has 0 aliphatic carbocycles. The van der Waals surface area contributed by atoms with Crippen LogP contribution in [-0.4, -0.2) is 31.2 Å². The van der Waals surface area contributed by atoms with E-state index in [9.17, 15) is 13.5 Å². The van der Waals surface area contributed by atoms with Crippen molar-refractivity contribution in [2.45, 2.75) is 52.7 Å². The standard InChI is InChI=1S/C10H24N2O3S/c1-8(2)7-11-16(14,15)12-9(3,4)10(5,6)13/h8,11-13H,7H2,1-6H3. The van der Waals surface area contributed by atoms with Gasteiger partial charge in [-0.05, 0) is 33.6 Å². The van der Waals surface area contributed by atoms with E-state index in [2.05, 4.69) is 9.44 Å². The monoisotopic (exact) mass is 252 g/mol. The maximum Gasteiger partial charge on any atom is 0.277 e. The lowest BCUT2D eigenvalue weighted by atomic mass is 9.87. The Bertz CT molecular complexity index is 315. The maximum absolute atomic E-state index is 11.7. The largest absolute Gasteiger partial charge is 0.389 e. The maximum atomic E-state index is 11.7. The Labute approximate surface area is 98.8 Å². The number of rotatable bonds is 6. The molecule has 0 spiro atoms. The van der Waals surface area contributed by atoms with Crippen LogP contribution in [0.4, 0.5) is 0 Å². The number of hydrogen-bond donors (Lipinski definition) is 3. The molecule has 0 amide bonds. The summed E-state index contributed by atoms with van der Waals surface area (Å²) in [5, 5.41) is 9.83. The zero-order valence-electron chi connectivity index (χ0n) is 11.0. The average molecular weight is 252 g/mol. The van der Waals surface area contributed by atoms with E-state index in [1.807, 2.05) is 13.8 Å². The lowest BCUT2D eigenvalue weighted by Crippen LogP contribution is -2.60. The second-order valence-electron chi connectivity index (χ2n) is 5.53. The minimum atomic E-state index is -3.58. The summed E-state index contributed by atoms with van der Waals surface area (Å²) < 4.78 is 28.2. The van der Waals surface area contributed by atoms with Crippen LogP contribution in [0.25, 0.3) is 0 Å². The van der Waals surface area contributed by atoms with Crippen molar-refractivity contribution in [3.8, 4) is 0 Å². The van der Waals surface area contributed by atoms with Gasteiger partial charge in [-0.25, -0.2) is 4.72 Å². The average Bonchev–Trinajstić information content (AvgIpc) is 1.96. The van der Waals surface area contributed by atoms with Crippen LogP contribution in [-0.2, 0) is 10.2 Å². The van der Waals surface area contributed by atoms with Crippen LogP contribution >= 0.6 is 0 Å². The van der Waals surface area contributed by atoms with E-state index in [1.54, 1.807) is 27.7 Å². The fourth-order valence-electron chi connectivity index (χ4n) is 0.773. The topological polar surface area (TPSA) is 78.4 Å². The van der Waals surface area contributed by atoms with E-state index < -0.39 is 21.3 Å². The molecule has 16 heavy (non-hydrogen) atoms. The fraction of sp³-hybridized carbons (Fsp3) is 1.00. The summed E-state index contributed by atoms with van der Waals surface area (Å²) in [5.74, 6) is 0.238. The minimum absolute atomic E-state index is 0.238. The quantitative estimate of drug-likeness (QED) is 0.648. The summed E-state index contributed by atoms with van der Waals surface area (Å²) in [4.78, 5) is 0. The van der Waals surface area contributed by atoms with Gasteiger partial charge in [-0.2, -0.15) is 13.1 Å². The van der Waals surface area contributed by atoms with Gasteiger partial charge in [0.15, 0.2) is 0 Å². The Kier molecular flexibility index (Phi) is 4.94. The SMILES string of the molecule is CC(C)CNS(=O)(=O)NC(C)(C)C(C)(C)O. The summed E-state index contributed by atoms with van der Waals surface area (Å²) >= 11 is 0. The van der Waals surface area contributed by atoms with Gasteiger partial charge in [-0.15, -0.1) is 0 Å². The highest BCUT2D eigenvalue weighted by Crippen LogP contribution is 2.21. The molecule has 0 rings (SSSR count). The highest BCUT2D eigenvalue weighted by molar-refractivity contribution is 7.87. The Morgan fingerprint density at radius 3 is 1.94 bits per heavy atom. The lowest BCUT2D eigenvalue weighted by Gasteiger charge is -2.37. The van der Waals surface area contributed by atoms with Gasteiger partial charge in [0.25, 0.3) is 10.2 Å². The molecule has 0 radical (unpaired) electrons. The van der Waals surface area contributed by atoms with Crippen LogP contribution in [0.3, 0.4) is 0 Å². The third kappa shape index (κ3) is 5.25. The first kappa shape index (κ1) is 15.8. The van der Waals surface area contributed by atoms with Crippen LogP contribution in [0.15, 0.2) is 0 Å². The normalized spacial score (nSPS) is 14.5. The Morgan fingerprint density at radius 2 is 1.62 bits per heavy atom. The molecular formula is C10H24N2O3S. The van der Waals surface area contributed by atoms with Gasteiger partial charge < -0.3 is 5.11 Å². The van der Waals surface area contributed by atoms with Crippen molar-refractivity contribution in [2.24, 2.45) is 5.92 Å². The number of nitrogens with one attached hydrogen (secondary N) is 2. The molecule has 0 aliphatic rings. The molecule has 0 aromatic carbocycles. The summed E-state index contributed by atoms with van der Waals surface area (Å²) in [5.41, 5.74) is -2.07. The summed E-state index contributed by atoms with van der Waals surface area (Å²) in [6.07, 6.45) is 0. The Hall–Kier alpha value is -0.170. The lowest BCUT2D eigenvalue weighted by molar-refractivity contribution is 0.00622. The smallest absolute Gasteiger partial charge is 0.277 e. The van der Waals surface area contributed by atoms with E-state index in [0.29, 0.717) is 6.54 Å². The molecular weight excluding hydrogens is 228 g/mol. The van der Waals surface area contributed by atoms with E-state index in [4.69, 9.17) is 0 Å². The molecule has 0 aromatic rings. The first-order valence-electron chi connectivity index (χ1n) is 5.38. The van der Waals surface area contributed by atoms with E-state index in [0.717, 1.165) is 0 Å². The predicted molar refractivity (Wildman–Crippen MR) is 65.3 cm³/mol. The second kappa shape index (κ2) is 5.00. The Morgan fingerprint density at radius 1 is 1.19 bits per heavy atom. The van der Waals surface area contributed by atoms with Crippen LogP contribution in [0.2, 0.25) is 0 Å². The molecule has 98 valence electrons. The van der Waals surface area contributed by atoms with E-state index >= 15 is 0 Å². The van der Waals surface area contributed by atoms with Gasteiger partial charge in [0.1, 0.15) is 0 Å². The Balaban J connectivity index is 4.60. The zero-order valence-corrected chi connectivity index (χ0v) is 11.8. The predicted octanol–water partition coefficient (Wildman–Crippen LogP) is 0.616. The van der Waals surface area contributed by atoms with Gasteiger partial charge in [-0.1, -0.05) is 13.8 Å². The van der Waals surface area contributed by atoms with Crippen LogP contribution < -0.4 is 9.44 Å². The first-order chi connectivity index (χ1) is 6.87. The van der Waals surface area contributed by atoms with Gasteiger partial charge in [-0.3, -0.25) is 0 Å². The first-order valence-corrected chi connectivity index (χ1v) is 6.86. The molecule has 0 atom stereocenters. The second-order valence-corrected chi connectivity index (χ2v) is 7.03. The molecule has 0 aromatic heterocycles. The van der Waals surface area contributed by atoms with E-state index in [-0.39, 0.29) is 5.92 Å². The molecule has 0 fully saturated rings. The van der Waals surface area contributed by atoms with Crippen molar-refractivity contribution < 1.29 is 13.5 Å². The molecule has 3 N–H and O–H groups in total. The molecule has 0 aliphatic heterocycles. The summed E-state index contributed by atoms with van der Waals surface area (Å²) in [6.45, 7) is 10.6. The highest BCUT2D eigenvalue weighted by Gasteiger charge is 2.38. The van der Waals surface area contributed by atoms with Crippen molar-refractivity contribution in [1.29, 1.82) is 0 Å². The third-order valence-corrected chi connectivity index (χ3v) is 3.93. The van der Waals surface area contributed by atoms with Crippen molar-refractivity contribution in [1.82, 2.24) is 9.44 Å². The number of aliphatic hydroxyl groups is 1. The van der Waals surface area contributed by atoms with Crippen LogP contribution in [0.5, 0.6) is 0 Å². The molecule has 0 saturated carbocycles. The molecule has 0 saturated heterocycles. The minimum Gasteiger partial charge on any atom is -0.389 e. The van der Waals surface area contributed by atoms with E-state index in [1.165, 1.54) is 0 Å². The summed E-state index contributed by atoms with van der Waals surface area (Å²) in [7, 11) is -3.58. The molecule has 0 heterocycles. The van der Waals surface area contributed by atoms with Crippen molar-refractivity contribution in [2.75, 3.05) is 6.54 Å². The molecule has 0 bridgehead atoms. The van der Waals surface area contributed by atoms with Crippen molar-refractivity contribution >= 4 is 10.2 Å². The highest BCUT2D eigenvalue weighted by atomic mass is 32.2. The van der Waals surface area contributed by atoms with Crippen LogP contribution in [0.1, 0.15) is 41.5 Å². The van der Waals surface area contributed by atoms with Crippen molar-refractivity contribution in [3.63, 3.8) is 0 Å². The van der Waals surface area contributed by atoms with Gasteiger partial charge >= 0.3 is 0 Å². The fourth-order valence-corrected chi connectivity index (χ4v) is 2.32. The van der Waals surface area contributed by atoms with Crippen LogP contribution in [0, 0.1) is 5.92 Å². The zero-order chi connectivity index (χ0) is 13.2. The summed E-state index contributed by atoms with van der Waals surface area (Å²) in [6, 6.07) is 0. The van der Waals surface area contributed by atoms with Gasteiger partial charge in [0, 0.05) is 6.54 Å². The van der Waals surface area contributed by atoms with Gasteiger partial charge in [0.2, 0.25) is 0 Å².